The second kappa shape index (κ2) is 5.44. The van der Waals surface area contributed by atoms with Gasteiger partial charge in [0.05, 0.1) is 0 Å². The lowest BCUT2D eigenvalue weighted by Gasteiger charge is -2.22. The van der Waals surface area contributed by atoms with Gasteiger partial charge in [0.1, 0.15) is 0 Å². The number of hydrogen-bond acceptors (Lipinski definition) is 2. The van der Waals surface area contributed by atoms with Gasteiger partial charge in [-0.3, -0.25) is 4.98 Å². The highest BCUT2D eigenvalue weighted by molar-refractivity contribution is 5.10. The van der Waals surface area contributed by atoms with Gasteiger partial charge in [-0.05, 0) is 24.5 Å². The summed E-state index contributed by atoms with van der Waals surface area (Å²) in [4.78, 5) is 4.39. The molecule has 2 nitrogen and oxygen atoms in total. The molecule has 0 aliphatic heterocycles. The Morgan fingerprint density at radius 2 is 2.12 bits per heavy atom. The Labute approximate surface area is 98.3 Å². The fraction of sp³-hybridized carbons (Fsp3) is 0.643. The Morgan fingerprint density at radius 3 is 2.75 bits per heavy atom. The number of pyridine rings is 1. The Balaban J connectivity index is 1.91. The van der Waals surface area contributed by atoms with Crippen LogP contribution in [0.1, 0.15) is 50.6 Å². The quantitative estimate of drug-likeness (QED) is 0.843. The van der Waals surface area contributed by atoms with Crippen LogP contribution in [0.5, 0.6) is 0 Å². The summed E-state index contributed by atoms with van der Waals surface area (Å²) in [5.74, 6) is 1.24. The molecule has 1 aliphatic rings. The number of nitrogens with zero attached hydrogens (tertiary/aromatic N) is 1. The van der Waals surface area contributed by atoms with Crippen molar-refractivity contribution in [2.75, 3.05) is 0 Å². The summed E-state index contributed by atoms with van der Waals surface area (Å²) in [6.07, 6.45) is 8.57. The molecule has 1 fully saturated rings. The molecule has 16 heavy (non-hydrogen) atoms. The molecule has 2 atom stereocenters. The Bertz CT molecular complexity index is 304. The van der Waals surface area contributed by atoms with Gasteiger partial charge in [0.15, 0.2) is 0 Å². The molecule has 2 heteroatoms. The molecule has 1 aromatic rings. The van der Waals surface area contributed by atoms with E-state index in [1.54, 1.807) is 0 Å². The fourth-order valence-electron chi connectivity index (χ4n) is 2.70. The Morgan fingerprint density at radius 1 is 1.38 bits per heavy atom. The smallest absolute Gasteiger partial charge is 0.0447 e. The molecule has 1 aromatic heterocycles. The monoisotopic (exact) mass is 218 g/mol. The summed E-state index contributed by atoms with van der Waals surface area (Å²) in [5.41, 5.74) is 7.42. The summed E-state index contributed by atoms with van der Waals surface area (Å²) in [6, 6.07) is 6.34. The summed E-state index contributed by atoms with van der Waals surface area (Å²) < 4.78 is 0. The van der Waals surface area contributed by atoms with Gasteiger partial charge in [0, 0.05) is 23.9 Å². The highest BCUT2D eigenvalue weighted by Gasteiger charge is 2.22. The molecule has 1 aliphatic carbocycles. The van der Waals surface area contributed by atoms with E-state index in [4.69, 9.17) is 5.73 Å². The number of hydrogen-bond donors (Lipinski definition) is 1. The molecule has 0 saturated heterocycles. The molecular weight excluding hydrogens is 196 g/mol. The lowest BCUT2D eigenvalue weighted by molar-refractivity contribution is 0.406. The van der Waals surface area contributed by atoms with Gasteiger partial charge in [-0.25, -0.2) is 0 Å². The molecule has 1 saturated carbocycles. The number of rotatable bonds is 4. The maximum atomic E-state index is 6.29. The van der Waals surface area contributed by atoms with Crippen LogP contribution in [0.15, 0.2) is 24.4 Å². The third-order valence-electron chi connectivity index (χ3n) is 3.88. The van der Waals surface area contributed by atoms with Gasteiger partial charge in [-0.15, -0.1) is 0 Å². The van der Waals surface area contributed by atoms with Crippen LogP contribution in [0, 0.1) is 5.92 Å². The molecule has 1 heterocycles. The topological polar surface area (TPSA) is 38.9 Å². The average molecular weight is 218 g/mol. The summed E-state index contributed by atoms with van der Waals surface area (Å²) in [5, 5.41) is 0. The first-order valence-electron chi connectivity index (χ1n) is 6.44. The van der Waals surface area contributed by atoms with E-state index >= 15 is 0 Å². The van der Waals surface area contributed by atoms with Gasteiger partial charge < -0.3 is 5.73 Å². The van der Waals surface area contributed by atoms with Crippen molar-refractivity contribution in [1.82, 2.24) is 4.98 Å². The van der Waals surface area contributed by atoms with Crippen molar-refractivity contribution in [1.29, 1.82) is 0 Å². The van der Waals surface area contributed by atoms with Gasteiger partial charge in [0.2, 0.25) is 0 Å². The van der Waals surface area contributed by atoms with Crippen molar-refractivity contribution in [2.24, 2.45) is 11.7 Å². The zero-order valence-electron chi connectivity index (χ0n) is 10.1. The van der Waals surface area contributed by atoms with Crippen LogP contribution in [-0.2, 0) is 0 Å². The van der Waals surface area contributed by atoms with E-state index in [1.165, 1.54) is 25.7 Å². The normalized spacial score (nSPS) is 20.9. The molecular formula is C14H22N2. The largest absolute Gasteiger partial charge is 0.327 e. The van der Waals surface area contributed by atoms with Crippen molar-refractivity contribution in [3.63, 3.8) is 0 Å². The first-order chi connectivity index (χ1) is 7.77. The summed E-state index contributed by atoms with van der Waals surface area (Å²) >= 11 is 0. The number of nitrogens with two attached hydrogens (primary N) is 1. The average Bonchev–Trinajstić information content (AvgIpc) is 2.82. The van der Waals surface area contributed by atoms with Gasteiger partial charge >= 0.3 is 0 Å². The Hall–Kier alpha value is -0.890. The second-order valence-electron chi connectivity index (χ2n) is 5.09. The minimum atomic E-state index is 0.262. The maximum absolute atomic E-state index is 6.29. The molecule has 0 radical (unpaired) electrons. The standard InChI is InChI=1S/C14H22N2/c1-11(14-8-4-5-9-16-14)13(15)10-12-6-2-3-7-12/h4-5,8-9,11-13H,2-3,6-7,10,15H2,1H3. The molecule has 2 N–H and O–H groups in total. The van der Waals surface area contributed by atoms with Crippen molar-refractivity contribution >= 4 is 0 Å². The van der Waals surface area contributed by atoms with E-state index in [9.17, 15) is 0 Å². The fourth-order valence-corrected chi connectivity index (χ4v) is 2.70. The van der Waals surface area contributed by atoms with Gasteiger partial charge in [0.25, 0.3) is 0 Å². The van der Waals surface area contributed by atoms with E-state index in [1.807, 2.05) is 18.3 Å². The third-order valence-corrected chi connectivity index (χ3v) is 3.88. The van der Waals surface area contributed by atoms with Crippen LogP contribution < -0.4 is 5.73 Å². The summed E-state index contributed by atoms with van der Waals surface area (Å²) in [7, 11) is 0. The zero-order valence-corrected chi connectivity index (χ0v) is 10.1. The maximum Gasteiger partial charge on any atom is 0.0447 e. The molecule has 2 unspecified atom stereocenters. The van der Waals surface area contributed by atoms with E-state index < -0.39 is 0 Å². The molecule has 0 aromatic carbocycles. The van der Waals surface area contributed by atoms with Crippen molar-refractivity contribution < 1.29 is 0 Å². The van der Waals surface area contributed by atoms with Crippen LogP contribution >= 0.6 is 0 Å². The SMILES string of the molecule is CC(c1ccccn1)C(N)CC1CCCC1. The third kappa shape index (κ3) is 2.82. The van der Waals surface area contributed by atoms with E-state index in [2.05, 4.69) is 18.0 Å². The van der Waals surface area contributed by atoms with Crippen LogP contribution in [0.2, 0.25) is 0 Å². The van der Waals surface area contributed by atoms with Crippen LogP contribution in [0.25, 0.3) is 0 Å². The molecule has 0 amide bonds. The van der Waals surface area contributed by atoms with Crippen molar-refractivity contribution in [3.8, 4) is 0 Å². The van der Waals surface area contributed by atoms with Crippen molar-refractivity contribution in [2.45, 2.75) is 51.0 Å². The minimum Gasteiger partial charge on any atom is -0.327 e. The highest BCUT2D eigenvalue weighted by Crippen LogP contribution is 2.31. The molecule has 0 bridgehead atoms. The van der Waals surface area contributed by atoms with Crippen LogP contribution in [-0.4, -0.2) is 11.0 Å². The van der Waals surface area contributed by atoms with E-state index in [0.29, 0.717) is 5.92 Å². The van der Waals surface area contributed by atoms with Crippen molar-refractivity contribution in [3.05, 3.63) is 30.1 Å². The van der Waals surface area contributed by atoms with E-state index in [-0.39, 0.29) is 6.04 Å². The lowest BCUT2D eigenvalue weighted by atomic mass is 9.89. The summed E-state index contributed by atoms with van der Waals surface area (Å²) in [6.45, 7) is 2.20. The Kier molecular flexibility index (Phi) is 3.94. The predicted molar refractivity (Wildman–Crippen MR) is 67.2 cm³/mol. The second-order valence-corrected chi connectivity index (χ2v) is 5.09. The molecule has 2 rings (SSSR count). The van der Waals surface area contributed by atoms with Crippen LogP contribution in [0.4, 0.5) is 0 Å². The zero-order chi connectivity index (χ0) is 11.4. The highest BCUT2D eigenvalue weighted by atomic mass is 14.7. The minimum absolute atomic E-state index is 0.262. The van der Waals surface area contributed by atoms with Gasteiger partial charge in [-0.1, -0.05) is 38.7 Å². The van der Waals surface area contributed by atoms with Gasteiger partial charge in [-0.2, -0.15) is 0 Å². The first kappa shape index (κ1) is 11.6. The first-order valence-corrected chi connectivity index (χ1v) is 6.44. The molecule has 88 valence electrons. The predicted octanol–water partition coefficient (Wildman–Crippen LogP) is 3.09. The molecule has 0 spiro atoms. The lowest BCUT2D eigenvalue weighted by Crippen LogP contribution is -2.29. The van der Waals surface area contributed by atoms with E-state index in [0.717, 1.165) is 18.0 Å². The van der Waals surface area contributed by atoms with Crippen LogP contribution in [0.3, 0.4) is 0 Å². The number of aromatic nitrogens is 1.